The number of methoxy groups -OCH3 is 1. The predicted octanol–water partition coefficient (Wildman–Crippen LogP) is 2.95. The average Bonchev–Trinajstić information content (AvgIpc) is 2.78. The molecule has 0 bridgehead atoms. The summed E-state index contributed by atoms with van der Waals surface area (Å²) in [5.74, 6) is 0. The van der Waals surface area contributed by atoms with Crippen LogP contribution in [0.3, 0.4) is 0 Å². The largest absolute Gasteiger partial charge is 0.376 e. The Morgan fingerprint density at radius 3 is 2.44 bits per heavy atom. The van der Waals surface area contributed by atoms with Crippen LogP contribution in [-0.2, 0) is 4.74 Å². The van der Waals surface area contributed by atoms with E-state index in [0.717, 1.165) is 12.8 Å². The van der Waals surface area contributed by atoms with Gasteiger partial charge in [-0.1, -0.05) is 37.1 Å². The molecule has 88 valence electrons. The van der Waals surface area contributed by atoms with Gasteiger partial charge in [0.05, 0.1) is 11.6 Å². The highest BCUT2D eigenvalue weighted by atomic mass is 16.5. The minimum atomic E-state index is -0.133. The van der Waals surface area contributed by atoms with Crippen LogP contribution in [-0.4, -0.2) is 12.7 Å². The van der Waals surface area contributed by atoms with Crippen LogP contribution in [0, 0.1) is 6.92 Å². The van der Waals surface area contributed by atoms with Crippen molar-refractivity contribution in [3.63, 3.8) is 0 Å². The van der Waals surface area contributed by atoms with E-state index in [1.165, 1.54) is 24.0 Å². The first-order valence-corrected chi connectivity index (χ1v) is 6.06. The van der Waals surface area contributed by atoms with Gasteiger partial charge in [-0.15, -0.1) is 0 Å². The van der Waals surface area contributed by atoms with Crippen molar-refractivity contribution in [1.82, 2.24) is 0 Å². The number of nitrogens with two attached hydrogens (primary N) is 1. The van der Waals surface area contributed by atoms with E-state index < -0.39 is 0 Å². The second kappa shape index (κ2) is 4.56. The Labute approximate surface area is 97.8 Å². The Balaban J connectivity index is 2.30. The Bertz CT molecular complexity index is 356. The summed E-state index contributed by atoms with van der Waals surface area (Å²) in [5.41, 5.74) is 8.78. The first-order chi connectivity index (χ1) is 7.69. The van der Waals surface area contributed by atoms with Crippen molar-refractivity contribution in [2.45, 2.75) is 44.2 Å². The fourth-order valence-electron chi connectivity index (χ4n) is 2.83. The van der Waals surface area contributed by atoms with Crippen LogP contribution >= 0.6 is 0 Å². The molecule has 1 aliphatic rings. The Morgan fingerprint density at radius 1 is 1.25 bits per heavy atom. The molecule has 16 heavy (non-hydrogen) atoms. The van der Waals surface area contributed by atoms with Crippen molar-refractivity contribution in [2.75, 3.05) is 7.11 Å². The van der Waals surface area contributed by atoms with Crippen LogP contribution in [0.4, 0.5) is 0 Å². The van der Waals surface area contributed by atoms with Gasteiger partial charge in [0.1, 0.15) is 0 Å². The molecule has 0 heterocycles. The number of hydrogen-bond acceptors (Lipinski definition) is 2. The van der Waals surface area contributed by atoms with Crippen LogP contribution in [0.2, 0.25) is 0 Å². The van der Waals surface area contributed by atoms with Crippen molar-refractivity contribution < 1.29 is 4.74 Å². The highest BCUT2D eigenvalue weighted by Crippen LogP contribution is 2.41. The second-order valence-corrected chi connectivity index (χ2v) is 4.81. The van der Waals surface area contributed by atoms with Gasteiger partial charge in [0.15, 0.2) is 0 Å². The quantitative estimate of drug-likeness (QED) is 0.848. The van der Waals surface area contributed by atoms with Gasteiger partial charge in [0.25, 0.3) is 0 Å². The van der Waals surface area contributed by atoms with Crippen LogP contribution in [0.15, 0.2) is 24.3 Å². The summed E-state index contributed by atoms with van der Waals surface area (Å²) in [4.78, 5) is 0. The summed E-state index contributed by atoms with van der Waals surface area (Å²) in [5, 5.41) is 0. The molecule has 1 saturated carbocycles. The molecule has 1 aromatic rings. The van der Waals surface area contributed by atoms with Gasteiger partial charge >= 0.3 is 0 Å². The van der Waals surface area contributed by atoms with Gasteiger partial charge < -0.3 is 10.5 Å². The highest BCUT2D eigenvalue weighted by Gasteiger charge is 2.40. The maximum Gasteiger partial charge on any atom is 0.0870 e. The average molecular weight is 219 g/mol. The third-order valence-electron chi connectivity index (χ3n) is 3.95. The molecule has 0 aliphatic heterocycles. The number of benzene rings is 1. The molecule has 1 unspecified atom stereocenters. The molecule has 2 rings (SSSR count). The molecule has 1 aliphatic carbocycles. The molecule has 0 radical (unpaired) electrons. The van der Waals surface area contributed by atoms with Gasteiger partial charge in [0, 0.05) is 7.11 Å². The molecule has 0 spiro atoms. The maximum atomic E-state index is 6.42. The molecular weight excluding hydrogens is 198 g/mol. The summed E-state index contributed by atoms with van der Waals surface area (Å²) in [7, 11) is 1.80. The lowest BCUT2D eigenvalue weighted by atomic mass is 9.85. The molecule has 2 nitrogen and oxygen atoms in total. The summed E-state index contributed by atoms with van der Waals surface area (Å²) < 4.78 is 5.74. The van der Waals surface area contributed by atoms with Gasteiger partial charge in [-0.05, 0) is 30.9 Å². The highest BCUT2D eigenvalue weighted by molar-refractivity contribution is 5.31. The number of hydrogen-bond donors (Lipinski definition) is 1. The van der Waals surface area contributed by atoms with E-state index in [1.54, 1.807) is 7.11 Å². The third kappa shape index (κ3) is 1.87. The molecule has 1 atom stereocenters. The molecule has 0 amide bonds. The Hall–Kier alpha value is -0.860. The summed E-state index contributed by atoms with van der Waals surface area (Å²) in [6, 6.07) is 8.36. The molecule has 1 fully saturated rings. The number of ether oxygens (including phenoxy) is 1. The minimum absolute atomic E-state index is 0.00111. The molecular formula is C14H21NO. The van der Waals surface area contributed by atoms with E-state index in [1.807, 2.05) is 0 Å². The molecule has 0 aromatic heterocycles. The van der Waals surface area contributed by atoms with E-state index in [-0.39, 0.29) is 11.6 Å². The second-order valence-electron chi connectivity index (χ2n) is 4.81. The lowest BCUT2D eigenvalue weighted by Crippen LogP contribution is -2.40. The Morgan fingerprint density at radius 2 is 1.88 bits per heavy atom. The lowest BCUT2D eigenvalue weighted by Gasteiger charge is -2.34. The number of aryl methyl sites for hydroxylation is 1. The smallest absolute Gasteiger partial charge is 0.0870 e. The SMILES string of the molecule is COC1(C(N)c2ccccc2C)CCCC1. The van der Waals surface area contributed by atoms with Crippen LogP contribution in [0.25, 0.3) is 0 Å². The van der Waals surface area contributed by atoms with Crippen LogP contribution in [0.1, 0.15) is 42.9 Å². The molecule has 2 heteroatoms. The van der Waals surface area contributed by atoms with Gasteiger partial charge in [0.2, 0.25) is 0 Å². The molecule has 1 aromatic carbocycles. The third-order valence-corrected chi connectivity index (χ3v) is 3.95. The summed E-state index contributed by atoms with van der Waals surface area (Å²) in [6.45, 7) is 2.12. The fraction of sp³-hybridized carbons (Fsp3) is 0.571. The summed E-state index contributed by atoms with van der Waals surface area (Å²) in [6.07, 6.45) is 4.62. The molecule has 0 saturated heterocycles. The fourth-order valence-corrected chi connectivity index (χ4v) is 2.83. The topological polar surface area (TPSA) is 35.2 Å². The zero-order valence-electron chi connectivity index (χ0n) is 10.2. The van der Waals surface area contributed by atoms with Crippen LogP contribution < -0.4 is 5.73 Å². The van der Waals surface area contributed by atoms with Crippen LogP contribution in [0.5, 0.6) is 0 Å². The van der Waals surface area contributed by atoms with Crippen molar-refractivity contribution in [3.05, 3.63) is 35.4 Å². The standard InChI is InChI=1S/C14H21NO/c1-11-7-3-4-8-12(11)13(15)14(16-2)9-5-6-10-14/h3-4,7-8,13H,5-6,9-10,15H2,1-2H3. The monoisotopic (exact) mass is 219 g/mol. The predicted molar refractivity (Wildman–Crippen MR) is 66.3 cm³/mol. The van der Waals surface area contributed by atoms with Gasteiger partial charge in [-0.2, -0.15) is 0 Å². The Kier molecular flexibility index (Phi) is 3.31. The minimum Gasteiger partial charge on any atom is -0.376 e. The van der Waals surface area contributed by atoms with Crippen molar-refractivity contribution in [1.29, 1.82) is 0 Å². The van der Waals surface area contributed by atoms with Crippen molar-refractivity contribution in [3.8, 4) is 0 Å². The van der Waals surface area contributed by atoms with E-state index in [9.17, 15) is 0 Å². The zero-order valence-corrected chi connectivity index (χ0v) is 10.2. The van der Waals surface area contributed by atoms with E-state index in [4.69, 9.17) is 10.5 Å². The van der Waals surface area contributed by atoms with Gasteiger partial charge in [-0.3, -0.25) is 0 Å². The van der Waals surface area contributed by atoms with E-state index in [0.29, 0.717) is 0 Å². The first-order valence-electron chi connectivity index (χ1n) is 6.06. The maximum absolute atomic E-state index is 6.42. The van der Waals surface area contributed by atoms with E-state index in [2.05, 4.69) is 31.2 Å². The van der Waals surface area contributed by atoms with Crippen molar-refractivity contribution in [2.24, 2.45) is 5.73 Å². The number of rotatable bonds is 3. The van der Waals surface area contributed by atoms with E-state index >= 15 is 0 Å². The first kappa shape index (κ1) is 11.6. The molecule has 2 N–H and O–H groups in total. The van der Waals surface area contributed by atoms with Gasteiger partial charge in [-0.25, -0.2) is 0 Å². The lowest BCUT2D eigenvalue weighted by molar-refractivity contribution is -0.0265. The normalized spacial score (nSPS) is 20.9. The zero-order chi connectivity index (χ0) is 11.6. The van der Waals surface area contributed by atoms with Crippen molar-refractivity contribution >= 4 is 0 Å². The summed E-state index contributed by atoms with van der Waals surface area (Å²) >= 11 is 0.